The Morgan fingerprint density at radius 1 is 1.06 bits per heavy atom. The largest absolute Gasteiger partial charge is 0.492 e. The Balaban J connectivity index is 1.50. The van der Waals surface area contributed by atoms with Crippen LogP contribution in [0.15, 0.2) is 48.5 Å². The standard InChI is InChI=1S/C26H33FN2O3/c1-31-25-11-13-29-19-22(25)7-2-3-12-28(18-20-6-4-9-23(27)16-20)14-15-32-24-10-5-8-21(17-24)26(29)30/h4-6,8-10,16-17,22,25H,2-3,7,11-15,18-19H2,1H3/t22-,25+/m1/s1. The first-order valence-electron chi connectivity index (χ1n) is 11.6. The molecule has 2 atom stereocenters. The highest BCUT2D eigenvalue weighted by Crippen LogP contribution is 2.27. The van der Waals surface area contributed by atoms with Gasteiger partial charge < -0.3 is 14.4 Å². The Labute approximate surface area is 190 Å². The van der Waals surface area contributed by atoms with E-state index in [1.807, 2.05) is 35.2 Å². The van der Waals surface area contributed by atoms with Gasteiger partial charge in [-0.15, -0.1) is 0 Å². The van der Waals surface area contributed by atoms with Gasteiger partial charge in [-0.2, -0.15) is 0 Å². The fourth-order valence-corrected chi connectivity index (χ4v) is 4.88. The molecule has 172 valence electrons. The van der Waals surface area contributed by atoms with E-state index in [1.54, 1.807) is 19.2 Å². The van der Waals surface area contributed by atoms with E-state index >= 15 is 0 Å². The van der Waals surface area contributed by atoms with Crippen LogP contribution in [-0.4, -0.2) is 61.7 Å². The van der Waals surface area contributed by atoms with Crippen molar-refractivity contribution in [1.29, 1.82) is 0 Å². The second kappa shape index (κ2) is 10.9. The van der Waals surface area contributed by atoms with Crippen molar-refractivity contribution in [3.63, 3.8) is 0 Å². The number of rotatable bonds is 3. The van der Waals surface area contributed by atoms with Crippen molar-refractivity contribution in [3.05, 3.63) is 65.5 Å². The summed E-state index contributed by atoms with van der Waals surface area (Å²) >= 11 is 0. The first-order chi connectivity index (χ1) is 15.6. The van der Waals surface area contributed by atoms with Gasteiger partial charge in [-0.05, 0) is 61.7 Å². The van der Waals surface area contributed by atoms with E-state index in [0.29, 0.717) is 30.4 Å². The molecular weight excluding hydrogens is 407 g/mol. The number of carbonyl (C=O) groups excluding carboxylic acids is 1. The number of fused-ring (bicyclic) bond motifs is 4. The Kier molecular flexibility index (Phi) is 7.76. The van der Waals surface area contributed by atoms with Gasteiger partial charge in [-0.1, -0.05) is 24.6 Å². The van der Waals surface area contributed by atoms with Crippen LogP contribution in [0.25, 0.3) is 0 Å². The van der Waals surface area contributed by atoms with Gasteiger partial charge in [0, 0.05) is 44.8 Å². The molecule has 1 fully saturated rings. The molecule has 0 spiro atoms. The fraction of sp³-hybridized carbons (Fsp3) is 0.500. The average molecular weight is 441 g/mol. The minimum Gasteiger partial charge on any atom is -0.492 e. The average Bonchev–Trinajstić information content (AvgIpc) is 2.81. The third kappa shape index (κ3) is 5.87. The Morgan fingerprint density at radius 2 is 1.94 bits per heavy atom. The molecule has 1 saturated heterocycles. The van der Waals surface area contributed by atoms with Gasteiger partial charge in [0.2, 0.25) is 0 Å². The lowest BCUT2D eigenvalue weighted by atomic mass is 9.89. The zero-order valence-electron chi connectivity index (χ0n) is 18.8. The summed E-state index contributed by atoms with van der Waals surface area (Å²) in [5, 5.41) is 0. The summed E-state index contributed by atoms with van der Waals surface area (Å²) < 4.78 is 25.4. The van der Waals surface area contributed by atoms with Gasteiger partial charge in [-0.25, -0.2) is 4.39 Å². The smallest absolute Gasteiger partial charge is 0.254 e. The van der Waals surface area contributed by atoms with E-state index < -0.39 is 0 Å². The molecule has 0 unspecified atom stereocenters. The van der Waals surface area contributed by atoms with Crippen LogP contribution in [0.1, 0.15) is 41.6 Å². The predicted molar refractivity (Wildman–Crippen MR) is 122 cm³/mol. The molecular formula is C26H33FN2O3. The number of nitrogens with zero attached hydrogens (tertiary/aromatic N) is 2. The number of benzene rings is 2. The first kappa shape index (κ1) is 22.7. The van der Waals surface area contributed by atoms with Crippen molar-refractivity contribution >= 4 is 5.91 Å². The minimum absolute atomic E-state index is 0.0672. The van der Waals surface area contributed by atoms with Gasteiger partial charge in [0.25, 0.3) is 5.91 Å². The second-order valence-electron chi connectivity index (χ2n) is 8.85. The summed E-state index contributed by atoms with van der Waals surface area (Å²) in [6.45, 7) is 4.33. The molecule has 0 saturated carbocycles. The highest BCUT2D eigenvalue weighted by atomic mass is 19.1. The zero-order chi connectivity index (χ0) is 22.3. The van der Waals surface area contributed by atoms with Gasteiger partial charge in [0.15, 0.2) is 0 Å². The molecule has 0 aromatic heterocycles. The molecule has 0 N–H and O–H groups in total. The highest BCUT2D eigenvalue weighted by Gasteiger charge is 2.31. The van der Waals surface area contributed by atoms with Crippen LogP contribution >= 0.6 is 0 Å². The molecule has 5 nitrogen and oxygen atoms in total. The lowest BCUT2D eigenvalue weighted by molar-refractivity contribution is -0.00676. The highest BCUT2D eigenvalue weighted by molar-refractivity contribution is 5.94. The van der Waals surface area contributed by atoms with Crippen LogP contribution in [0.4, 0.5) is 4.39 Å². The number of halogens is 1. The van der Waals surface area contributed by atoms with E-state index in [-0.39, 0.29) is 17.8 Å². The first-order valence-corrected chi connectivity index (χ1v) is 11.6. The summed E-state index contributed by atoms with van der Waals surface area (Å²) in [5.74, 6) is 0.919. The second-order valence-corrected chi connectivity index (χ2v) is 8.85. The molecule has 0 radical (unpaired) electrons. The normalized spacial score (nSPS) is 23.2. The van der Waals surface area contributed by atoms with Crippen molar-refractivity contribution in [1.82, 2.24) is 9.80 Å². The molecule has 32 heavy (non-hydrogen) atoms. The molecule has 2 aliphatic rings. The molecule has 0 aliphatic carbocycles. The van der Waals surface area contributed by atoms with Crippen LogP contribution in [0.5, 0.6) is 5.75 Å². The van der Waals surface area contributed by atoms with Crippen LogP contribution < -0.4 is 4.74 Å². The van der Waals surface area contributed by atoms with Crippen molar-refractivity contribution in [2.24, 2.45) is 5.92 Å². The van der Waals surface area contributed by atoms with Crippen LogP contribution in [0.3, 0.4) is 0 Å². The SMILES string of the molecule is CO[C@H]1CCN2C[C@H]1CCCCN(Cc1cccc(F)c1)CCOc1cccc(c1)C2=O. The fourth-order valence-electron chi connectivity index (χ4n) is 4.88. The molecule has 2 aromatic rings. The van der Waals surface area contributed by atoms with E-state index in [4.69, 9.17) is 9.47 Å². The van der Waals surface area contributed by atoms with Gasteiger partial charge in [0.1, 0.15) is 18.2 Å². The van der Waals surface area contributed by atoms with Crippen molar-refractivity contribution in [2.75, 3.05) is 39.9 Å². The van der Waals surface area contributed by atoms with Gasteiger partial charge in [-0.3, -0.25) is 9.69 Å². The third-order valence-electron chi connectivity index (χ3n) is 6.61. The Hall–Kier alpha value is -2.44. The molecule has 4 rings (SSSR count). The van der Waals surface area contributed by atoms with Crippen molar-refractivity contribution < 1.29 is 18.7 Å². The molecule has 4 bridgehead atoms. The summed E-state index contributed by atoms with van der Waals surface area (Å²) in [7, 11) is 1.78. The van der Waals surface area contributed by atoms with Crippen molar-refractivity contribution in [3.8, 4) is 5.75 Å². The number of carbonyl (C=O) groups is 1. The maximum Gasteiger partial charge on any atom is 0.254 e. The lowest BCUT2D eigenvalue weighted by Gasteiger charge is -2.38. The van der Waals surface area contributed by atoms with Gasteiger partial charge in [0.05, 0.1) is 6.10 Å². The summed E-state index contributed by atoms with van der Waals surface area (Å²) in [6, 6.07) is 14.3. The minimum atomic E-state index is -0.203. The summed E-state index contributed by atoms with van der Waals surface area (Å²) in [4.78, 5) is 17.4. The molecule has 2 aliphatic heterocycles. The lowest BCUT2D eigenvalue weighted by Crippen LogP contribution is -2.46. The number of hydrogen-bond acceptors (Lipinski definition) is 4. The summed E-state index contributed by atoms with van der Waals surface area (Å²) in [6.07, 6.45) is 4.22. The molecule has 2 heterocycles. The number of piperidine rings is 1. The topological polar surface area (TPSA) is 42.0 Å². The maximum atomic E-state index is 13.7. The van der Waals surface area contributed by atoms with Crippen LogP contribution in [0.2, 0.25) is 0 Å². The molecule has 2 aromatic carbocycles. The molecule has 6 heteroatoms. The predicted octanol–water partition coefficient (Wildman–Crippen LogP) is 4.37. The van der Waals surface area contributed by atoms with E-state index in [1.165, 1.54) is 6.07 Å². The monoisotopic (exact) mass is 440 g/mol. The third-order valence-corrected chi connectivity index (χ3v) is 6.61. The zero-order valence-corrected chi connectivity index (χ0v) is 18.8. The van der Waals surface area contributed by atoms with Crippen LogP contribution in [0, 0.1) is 11.7 Å². The number of ether oxygens (including phenoxy) is 2. The van der Waals surface area contributed by atoms with E-state index in [2.05, 4.69) is 4.90 Å². The van der Waals surface area contributed by atoms with E-state index in [0.717, 1.165) is 57.4 Å². The van der Waals surface area contributed by atoms with E-state index in [9.17, 15) is 9.18 Å². The maximum absolute atomic E-state index is 13.7. The molecule has 1 amide bonds. The van der Waals surface area contributed by atoms with Crippen LogP contribution in [-0.2, 0) is 11.3 Å². The quantitative estimate of drug-likeness (QED) is 0.711. The number of amides is 1. The van der Waals surface area contributed by atoms with Crippen molar-refractivity contribution in [2.45, 2.75) is 38.3 Å². The number of methoxy groups -OCH3 is 1. The number of hydrogen-bond donors (Lipinski definition) is 0. The Morgan fingerprint density at radius 3 is 2.78 bits per heavy atom. The Bertz CT molecular complexity index is 906. The van der Waals surface area contributed by atoms with Gasteiger partial charge >= 0.3 is 0 Å². The summed E-state index contributed by atoms with van der Waals surface area (Å²) in [5.41, 5.74) is 1.64.